The van der Waals surface area contributed by atoms with Crippen LogP contribution in [0.25, 0.3) is 0 Å². The third-order valence-corrected chi connectivity index (χ3v) is 6.53. The van der Waals surface area contributed by atoms with Gasteiger partial charge in [-0.3, -0.25) is 10.1 Å². The van der Waals surface area contributed by atoms with Crippen molar-refractivity contribution in [2.24, 2.45) is 0 Å². The average molecular weight is 447 g/mol. The summed E-state index contributed by atoms with van der Waals surface area (Å²) >= 11 is 1.45. The third kappa shape index (κ3) is 4.29. The molecule has 0 spiro atoms. The molecule has 32 heavy (non-hydrogen) atoms. The second-order valence-electron chi connectivity index (χ2n) is 7.87. The molecule has 4 aromatic rings. The van der Waals surface area contributed by atoms with Gasteiger partial charge in [-0.15, -0.1) is 11.3 Å². The molecule has 1 atom stereocenters. The SMILES string of the molecule is O=C(Nc1nc(C2CCCN2c2ccccc2)cs1)c1cccn1Cc1ccc(F)cc1. The number of hydrogen-bond acceptors (Lipinski definition) is 4. The maximum atomic E-state index is 13.2. The number of halogens is 1. The molecule has 5 rings (SSSR count). The number of thiazole rings is 1. The van der Waals surface area contributed by atoms with Crippen LogP contribution in [0, 0.1) is 5.82 Å². The number of amides is 1. The molecule has 2 aromatic carbocycles. The fourth-order valence-electron chi connectivity index (χ4n) is 4.21. The van der Waals surface area contributed by atoms with Gasteiger partial charge < -0.3 is 9.47 Å². The Morgan fingerprint density at radius 1 is 1.09 bits per heavy atom. The van der Waals surface area contributed by atoms with E-state index in [-0.39, 0.29) is 17.8 Å². The molecule has 162 valence electrons. The number of nitrogens with zero attached hydrogens (tertiary/aromatic N) is 3. The maximum Gasteiger partial charge on any atom is 0.274 e. The van der Waals surface area contributed by atoms with Crippen molar-refractivity contribution < 1.29 is 9.18 Å². The summed E-state index contributed by atoms with van der Waals surface area (Å²) in [7, 11) is 0. The topological polar surface area (TPSA) is 50.2 Å². The minimum Gasteiger partial charge on any atom is -0.363 e. The van der Waals surface area contributed by atoms with Crippen LogP contribution >= 0.6 is 11.3 Å². The van der Waals surface area contributed by atoms with E-state index in [4.69, 9.17) is 4.98 Å². The quantitative estimate of drug-likeness (QED) is 0.412. The molecule has 1 amide bonds. The van der Waals surface area contributed by atoms with Crippen molar-refractivity contribution in [1.82, 2.24) is 9.55 Å². The van der Waals surface area contributed by atoms with Crippen LogP contribution in [0.4, 0.5) is 15.2 Å². The van der Waals surface area contributed by atoms with Gasteiger partial charge in [-0.05, 0) is 54.8 Å². The van der Waals surface area contributed by atoms with Gasteiger partial charge in [0.05, 0.1) is 11.7 Å². The molecule has 7 heteroatoms. The van der Waals surface area contributed by atoms with Crippen molar-refractivity contribution in [3.63, 3.8) is 0 Å². The third-order valence-electron chi connectivity index (χ3n) is 5.75. The molecule has 1 aliphatic rings. The molecular formula is C25H23FN4OS. The Bertz CT molecular complexity index is 1200. The highest BCUT2D eigenvalue weighted by Gasteiger charge is 2.28. The van der Waals surface area contributed by atoms with Crippen molar-refractivity contribution in [2.45, 2.75) is 25.4 Å². The van der Waals surface area contributed by atoms with Gasteiger partial charge in [0.2, 0.25) is 0 Å². The van der Waals surface area contributed by atoms with Gasteiger partial charge in [-0.2, -0.15) is 0 Å². The lowest BCUT2D eigenvalue weighted by atomic mass is 10.1. The first-order chi connectivity index (χ1) is 15.7. The molecule has 0 radical (unpaired) electrons. The molecule has 1 saturated heterocycles. The maximum absolute atomic E-state index is 13.2. The van der Waals surface area contributed by atoms with E-state index in [1.807, 2.05) is 28.3 Å². The molecular weight excluding hydrogens is 423 g/mol. The van der Waals surface area contributed by atoms with E-state index in [0.29, 0.717) is 17.4 Å². The van der Waals surface area contributed by atoms with Gasteiger partial charge in [0.15, 0.2) is 5.13 Å². The fraction of sp³-hybridized carbons (Fsp3) is 0.200. The van der Waals surface area contributed by atoms with Crippen LogP contribution in [0.15, 0.2) is 78.3 Å². The number of benzene rings is 2. The highest BCUT2D eigenvalue weighted by molar-refractivity contribution is 7.14. The monoisotopic (exact) mass is 446 g/mol. The first kappa shape index (κ1) is 20.5. The largest absolute Gasteiger partial charge is 0.363 e. The van der Waals surface area contributed by atoms with Crippen LogP contribution < -0.4 is 10.2 Å². The Balaban J connectivity index is 1.29. The van der Waals surface area contributed by atoms with Gasteiger partial charge in [0.25, 0.3) is 5.91 Å². The highest BCUT2D eigenvalue weighted by atomic mass is 32.1. The number of carbonyl (C=O) groups is 1. The Kier molecular flexibility index (Phi) is 5.73. The zero-order chi connectivity index (χ0) is 21.9. The van der Waals surface area contributed by atoms with Crippen molar-refractivity contribution >= 4 is 28.1 Å². The second-order valence-corrected chi connectivity index (χ2v) is 8.72. The Labute approximate surface area is 190 Å². The molecule has 1 unspecified atom stereocenters. The van der Waals surface area contributed by atoms with Crippen molar-refractivity contribution in [3.05, 3.63) is 101 Å². The van der Waals surface area contributed by atoms with E-state index in [0.717, 1.165) is 30.6 Å². The van der Waals surface area contributed by atoms with Crippen molar-refractivity contribution in [1.29, 1.82) is 0 Å². The second kappa shape index (κ2) is 8.96. The molecule has 5 nitrogen and oxygen atoms in total. The minimum atomic E-state index is -0.271. The summed E-state index contributed by atoms with van der Waals surface area (Å²) in [5, 5.41) is 5.58. The molecule has 1 N–H and O–H groups in total. The number of anilines is 2. The Morgan fingerprint density at radius 3 is 2.72 bits per heavy atom. The summed E-state index contributed by atoms with van der Waals surface area (Å²) in [5.41, 5.74) is 3.66. The molecule has 1 fully saturated rings. The lowest BCUT2D eigenvalue weighted by Gasteiger charge is -2.25. The Morgan fingerprint density at radius 2 is 1.91 bits per heavy atom. The van der Waals surface area contributed by atoms with E-state index >= 15 is 0 Å². The smallest absolute Gasteiger partial charge is 0.274 e. The summed E-state index contributed by atoms with van der Waals surface area (Å²) in [6.07, 6.45) is 4.02. The van der Waals surface area contributed by atoms with E-state index in [2.05, 4.69) is 34.5 Å². The zero-order valence-corrected chi connectivity index (χ0v) is 18.3. The van der Waals surface area contributed by atoms with Crippen LogP contribution in [0.5, 0.6) is 0 Å². The van der Waals surface area contributed by atoms with Crippen LogP contribution in [0.1, 0.15) is 40.6 Å². The van der Waals surface area contributed by atoms with E-state index < -0.39 is 0 Å². The number of para-hydroxylation sites is 1. The summed E-state index contributed by atoms with van der Waals surface area (Å²) in [6, 6.07) is 20.5. The molecule has 0 bridgehead atoms. The summed E-state index contributed by atoms with van der Waals surface area (Å²) in [5.74, 6) is -0.476. The molecule has 3 heterocycles. The average Bonchev–Trinajstić information content (AvgIpc) is 3.56. The lowest BCUT2D eigenvalue weighted by Crippen LogP contribution is -2.22. The van der Waals surface area contributed by atoms with E-state index in [1.54, 1.807) is 18.2 Å². The zero-order valence-electron chi connectivity index (χ0n) is 17.4. The molecule has 2 aromatic heterocycles. The fourth-order valence-corrected chi connectivity index (χ4v) is 4.96. The van der Waals surface area contributed by atoms with Gasteiger partial charge in [0, 0.05) is 30.4 Å². The van der Waals surface area contributed by atoms with Crippen molar-refractivity contribution in [2.75, 3.05) is 16.8 Å². The summed E-state index contributed by atoms with van der Waals surface area (Å²) in [6.45, 7) is 1.50. The van der Waals surface area contributed by atoms with Gasteiger partial charge in [0.1, 0.15) is 11.5 Å². The minimum absolute atomic E-state index is 0.204. The normalized spacial score (nSPS) is 15.8. The Hall–Kier alpha value is -3.45. The number of carbonyl (C=O) groups excluding carboxylic acids is 1. The van der Waals surface area contributed by atoms with Gasteiger partial charge >= 0.3 is 0 Å². The number of nitrogens with one attached hydrogen (secondary N) is 1. The van der Waals surface area contributed by atoms with Crippen LogP contribution in [-0.2, 0) is 6.54 Å². The van der Waals surface area contributed by atoms with Crippen LogP contribution in [0.2, 0.25) is 0 Å². The standard InChI is InChI=1S/C25H23FN4OS/c26-19-12-10-18(11-13-19)16-29-14-4-9-23(29)24(31)28-25-27-21(17-32-25)22-8-5-15-30(22)20-6-2-1-3-7-20/h1-4,6-7,9-14,17,22H,5,8,15-16H2,(H,27,28,31). The molecule has 0 aliphatic carbocycles. The number of hydrogen-bond donors (Lipinski definition) is 1. The molecule has 1 aliphatic heterocycles. The number of aromatic nitrogens is 2. The number of rotatable bonds is 6. The molecule has 0 saturated carbocycles. The van der Waals surface area contributed by atoms with Crippen LogP contribution in [-0.4, -0.2) is 22.0 Å². The first-order valence-electron chi connectivity index (χ1n) is 10.7. The highest BCUT2D eigenvalue weighted by Crippen LogP contribution is 2.37. The van der Waals surface area contributed by atoms with Crippen molar-refractivity contribution in [3.8, 4) is 0 Å². The predicted molar refractivity (Wildman–Crippen MR) is 126 cm³/mol. The van der Waals surface area contributed by atoms with E-state index in [1.165, 1.54) is 29.2 Å². The lowest BCUT2D eigenvalue weighted by molar-refractivity contribution is 0.101. The summed E-state index contributed by atoms with van der Waals surface area (Å²) < 4.78 is 15.0. The predicted octanol–water partition coefficient (Wildman–Crippen LogP) is 5.73. The van der Waals surface area contributed by atoms with Crippen LogP contribution in [0.3, 0.4) is 0 Å². The van der Waals surface area contributed by atoms with Gasteiger partial charge in [-0.1, -0.05) is 30.3 Å². The first-order valence-corrected chi connectivity index (χ1v) is 11.5. The van der Waals surface area contributed by atoms with Gasteiger partial charge in [-0.25, -0.2) is 9.37 Å². The summed E-state index contributed by atoms with van der Waals surface area (Å²) in [4.78, 5) is 20.0. The van der Waals surface area contributed by atoms with E-state index in [9.17, 15) is 9.18 Å².